The van der Waals surface area contributed by atoms with Crippen LogP contribution >= 0.6 is 11.8 Å². The lowest BCUT2D eigenvalue weighted by molar-refractivity contribution is 0.298. The van der Waals surface area contributed by atoms with E-state index in [9.17, 15) is 0 Å². The molecule has 0 saturated carbocycles. The van der Waals surface area contributed by atoms with Crippen LogP contribution in [-0.2, 0) is 6.42 Å². The third kappa shape index (κ3) is 3.39. The van der Waals surface area contributed by atoms with E-state index in [-0.39, 0.29) is 5.84 Å². The first-order chi connectivity index (χ1) is 10.2. The Labute approximate surface area is 129 Å². The average molecular weight is 298 g/mol. The van der Waals surface area contributed by atoms with Gasteiger partial charge in [0.25, 0.3) is 0 Å². The van der Waals surface area contributed by atoms with Crippen molar-refractivity contribution in [2.45, 2.75) is 17.2 Å². The molecule has 2 aromatic carbocycles. The molecule has 0 aliphatic carbocycles. The predicted molar refractivity (Wildman–Crippen MR) is 87.5 cm³/mol. The van der Waals surface area contributed by atoms with E-state index < -0.39 is 0 Å². The summed E-state index contributed by atoms with van der Waals surface area (Å²) in [5.74, 6) is 2.60. The molecular formula is C17H18N2OS. The van der Waals surface area contributed by atoms with Gasteiger partial charge in [-0.25, -0.2) is 0 Å². The van der Waals surface area contributed by atoms with Crippen LogP contribution in [0.2, 0.25) is 0 Å². The highest BCUT2D eigenvalue weighted by atomic mass is 32.2. The first-order valence-electron chi connectivity index (χ1n) is 6.99. The summed E-state index contributed by atoms with van der Waals surface area (Å²) < 4.78 is 5.91. The summed E-state index contributed by atoms with van der Waals surface area (Å²) in [5, 5.41) is 7.29. The summed E-state index contributed by atoms with van der Waals surface area (Å²) in [7, 11) is 0. The topological polar surface area (TPSA) is 59.1 Å². The zero-order chi connectivity index (χ0) is 14.7. The molecule has 3 nitrogen and oxygen atoms in total. The van der Waals surface area contributed by atoms with Gasteiger partial charge in [-0.15, -0.1) is 11.8 Å². The monoisotopic (exact) mass is 298 g/mol. The minimum atomic E-state index is 0.184. The van der Waals surface area contributed by atoms with E-state index in [0.29, 0.717) is 18.9 Å². The Kier molecular flexibility index (Phi) is 4.15. The Morgan fingerprint density at radius 1 is 1.19 bits per heavy atom. The van der Waals surface area contributed by atoms with Gasteiger partial charge in [-0.1, -0.05) is 30.3 Å². The van der Waals surface area contributed by atoms with Crippen LogP contribution in [0.4, 0.5) is 0 Å². The second kappa shape index (κ2) is 6.22. The number of hydrogen-bond acceptors (Lipinski definition) is 3. The fraction of sp³-hybridized carbons (Fsp3) is 0.235. The standard InChI is InChI=1S/C17H18N2OS/c18-17(19)9-12-5-7-14(8-6-12)20-10-13-11-21-16-4-2-1-3-15(13)16/h1-8,13H,9-11H2,(H3,18,19). The van der Waals surface area contributed by atoms with Crippen LogP contribution in [0.25, 0.3) is 0 Å². The highest BCUT2D eigenvalue weighted by Gasteiger charge is 2.23. The van der Waals surface area contributed by atoms with E-state index in [0.717, 1.165) is 17.1 Å². The van der Waals surface area contributed by atoms with Gasteiger partial charge >= 0.3 is 0 Å². The lowest BCUT2D eigenvalue weighted by atomic mass is 10.0. The molecule has 0 fully saturated rings. The molecule has 3 N–H and O–H groups in total. The minimum Gasteiger partial charge on any atom is -0.493 e. The maximum Gasteiger partial charge on any atom is 0.119 e. The van der Waals surface area contributed by atoms with Gasteiger partial charge in [0.15, 0.2) is 0 Å². The van der Waals surface area contributed by atoms with Crippen molar-refractivity contribution in [3.05, 3.63) is 59.7 Å². The van der Waals surface area contributed by atoms with Crippen LogP contribution in [0.3, 0.4) is 0 Å². The number of benzene rings is 2. The van der Waals surface area contributed by atoms with Crippen LogP contribution in [0.5, 0.6) is 5.75 Å². The van der Waals surface area contributed by atoms with E-state index in [1.165, 1.54) is 10.5 Å². The second-order valence-corrected chi connectivity index (χ2v) is 6.26. The Balaban J connectivity index is 1.60. The van der Waals surface area contributed by atoms with Gasteiger partial charge in [-0.3, -0.25) is 5.41 Å². The third-order valence-corrected chi connectivity index (χ3v) is 4.82. The molecule has 0 bridgehead atoms. The maximum atomic E-state index is 7.29. The van der Waals surface area contributed by atoms with Crippen molar-refractivity contribution >= 4 is 17.6 Å². The summed E-state index contributed by atoms with van der Waals surface area (Å²) in [6.07, 6.45) is 0.493. The van der Waals surface area contributed by atoms with Gasteiger partial charge in [-0.2, -0.15) is 0 Å². The molecule has 1 aliphatic heterocycles. The Bertz CT molecular complexity index is 639. The smallest absolute Gasteiger partial charge is 0.119 e. The number of hydrogen-bond donors (Lipinski definition) is 2. The Morgan fingerprint density at radius 3 is 2.71 bits per heavy atom. The number of thioether (sulfide) groups is 1. The summed E-state index contributed by atoms with van der Waals surface area (Å²) in [5.41, 5.74) is 7.84. The molecule has 4 heteroatoms. The molecule has 1 aliphatic rings. The summed E-state index contributed by atoms with van der Waals surface area (Å²) in [6, 6.07) is 16.4. The Hall–Kier alpha value is -1.94. The van der Waals surface area contributed by atoms with Crippen LogP contribution in [0.1, 0.15) is 17.0 Å². The van der Waals surface area contributed by atoms with Gasteiger partial charge in [0.05, 0.1) is 12.4 Å². The van der Waals surface area contributed by atoms with E-state index in [1.807, 2.05) is 36.0 Å². The normalized spacial score (nSPS) is 16.5. The molecule has 0 saturated heterocycles. The second-order valence-electron chi connectivity index (χ2n) is 5.20. The SMILES string of the molecule is N=C(N)Cc1ccc(OCC2CSc3ccccc32)cc1. The van der Waals surface area contributed by atoms with Gasteiger partial charge in [-0.05, 0) is 29.3 Å². The van der Waals surface area contributed by atoms with Crippen molar-refractivity contribution in [3.63, 3.8) is 0 Å². The average Bonchev–Trinajstić information content (AvgIpc) is 2.89. The van der Waals surface area contributed by atoms with Crippen LogP contribution < -0.4 is 10.5 Å². The maximum absolute atomic E-state index is 7.29. The van der Waals surface area contributed by atoms with Crippen molar-refractivity contribution in [3.8, 4) is 5.75 Å². The zero-order valence-corrected chi connectivity index (χ0v) is 12.5. The summed E-state index contributed by atoms with van der Waals surface area (Å²) in [6.45, 7) is 0.704. The van der Waals surface area contributed by atoms with Crippen LogP contribution in [-0.4, -0.2) is 18.2 Å². The molecule has 1 atom stereocenters. The number of amidine groups is 1. The van der Waals surface area contributed by atoms with Crippen molar-refractivity contribution in [2.24, 2.45) is 5.73 Å². The molecule has 3 rings (SSSR count). The quantitative estimate of drug-likeness (QED) is 0.656. The first-order valence-corrected chi connectivity index (χ1v) is 7.97. The highest BCUT2D eigenvalue weighted by molar-refractivity contribution is 7.99. The first kappa shape index (κ1) is 14.0. The number of ether oxygens (including phenoxy) is 1. The largest absolute Gasteiger partial charge is 0.493 e. The molecule has 2 aromatic rings. The molecule has 0 aromatic heterocycles. The predicted octanol–water partition coefficient (Wildman–Crippen LogP) is 3.43. The molecule has 0 spiro atoms. The minimum absolute atomic E-state index is 0.184. The highest BCUT2D eigenvalue weighted by Crippen LogP contribution is 2.39. The van der Waals surface area contributed by atoms with Crippen molar-refractivity contribution in [1.82, 2.24) is 0 Å². The number of nitrogens with two attached hydrogens (primary N) is 1. The van der Waals surface area contributed by atoms with E-state index in [2.05, 4.69) is 24.3 Å². The lowest BCUT2D eigenvalue weighted by Gasteiger charge is -2.13. The lowest BCUT2D eigenvalue weighted by Crippen LogP contribution is -2.12. The van der Waals surface area contributed by atoms with Gasteiger partial charge in [0, 0.05) is 23.0 Å². The fourth-order valence-electron chi connectivity index (χ4n) is 2.49. The molecule has 21 heavy (non-hydrogen) atoms. The molecule has 108 valence electrons. The van der Waals surface area contributed by atoms with E-state index in [1.54, 1.807) is 0 Å². The van der Waals surface area contributed by atoms with Gasteiger partial charge in [0.1, 0.15) is 5.75 Å². The molecule has 1 heterocycles. The van der Waals surface area contributed by atoms with Crippen molar-refractivity contribution < 1.29 is 4.74 Å². The number of fused-ring (bicyclic) bond motifs is 1. The molecule has 0 radical (unpaired) electrons. The summed E-state index contributed by atoms with van der Waals surface area (Å²) >= 11 is 1.90. The Morgan fingerprint density at radius 2 is 1.95 bits per heavy atom. The third-order valence-electron chi connectivity index (χ3n) is 3.57. The van der Waals surface area contributed by atoms with Gasteiger partial charge < -0.3 is 10.5 Å². The molecule has 1 unspecified atom stereocenters. The summed E-state index contributed by atoms with van der Waals surface area (Å²) in [4.78, 5) is 1.38. The van der Waals surface area contributed by atoms with Crippen molar-refractivity contribution in [2.75, 3.05) is 12.4 Å². The molecule has 0 amide bonds. The van der Waals surface area contributed by atoms with Gasteiger partial charge in [0.2, 0.25) is 0 Å². The zero-order valence-electron chi connectivity index (χ0n) is 11.7. The van der Waals surface area contributed by atoms with Crippen LogP contribution in [0, 0.1) is 5.41 Å². The number of nitrogens with one attached hydrogen (secondary N) is 1. The van der Waals surface area contributed by atoms with Crippen LogP contribution in [0.15, 0.2) is 53.4 Å². The van der Waals surface area contributed by atoms with E-state index in [4.69, 9.17) is 15.9 Å². The molecular weight excluding hydrogens is 280 g/mol. The van der Waals surface area contributed by atoms with E-state index >= 15 is 0 Å². The number of rotatable bonds is 5. The fourth-order valence-corrected chi connectivity index (χ4v) is 3.72. The van der Waals surface area contributed by atoms with Crippen molar-refractivity contribution in [1.29, 1.82) is 5.41 Å².